The van der Waals surface area contributed by atoms with Crippen molar-refractivity contribution in [3.05, 3.63) is 64.2 Å². The number of benzene rings is 2. The van der Waals surface area contributed by atoms with Crippen LogP contribution in [0.1, 0.15) is 16.7 Å². The highest BCUT2D eigenvalue weighted by atomic mass is 35.5. The van der Waals surface area contributed by atoms with E-state index in [1.54, 1.807) is 0 Å². The molecule has 0 saturated carbocycles. The number of pyridine rings is 1. The minimum Gasteiger partial charge on any atom is -0.353 e. The van der Waals surface area contributed by atoms with E-state index in [9.17, 15) is 0 Å². The van der Waals surface area contributed by atoms with E-state index in [-0.39, 0.29) is 0 Å². The Kier molecular flexibility index (Phi) is 2.62. The standard InChI is InChI=1S/C20H15ClN2/c1-11-6-9-17-15(10-11)12-7-8-14-18(21)13-4-2-3-5-16(13)22-20(14)19(12)23-17/h2-6,9-10,23H,7-8H2,1H3. The summed E-state index contributed by atoms with van der Waals surface area (Å²) >= 11 is 6.70. The van der Waals surface area contributed by atoms with E-state index in [1.807, 2.05) is 18.2 Å². The molecule has 0 unspecified atom stereocenters. The van der Waals surface area contributed by atoms with Gasteiger partial charge in [0, 0.05) is 16.3 Å². The lowest BCUT2D eigenvalue weighted by molar-refractivity contribution is 0.938. The molecule has 0 spiro atoms. The van der Waals surface area contributed by atoms with Crippen molar-refractivity contribution >= 4 is 33.4 Å². The summed E-state index contributed by atoms with van der Waals surface area (Å²) in [6.07, 6.45) is 1.95. The number of hydrogen-bond acceptors (Lipinski definition) is 1. The second kappa shape index (κ2) is 4.59. The highest BCUT2D eigenvalue weighted by Crippen LogP contribution is 2.41. The van der Waals surface area contributed by atoms with Gasteiger partial charge in [0.1, 0.15) is 0 Å². The minimum absolute atomic E-state index is 0.853. The normalized spacial score (nSPS) is 13.3. The van der Waals surface area contributed by atoms with E-state index in [4.69, 9.17) is 16.6 Å². The van der Waals surface area contributed by atoms with E-state index in [0.717, 1.165) is 40.2 Å². The average molecular weight is 319 g/mol. The molecule has 1 N–H and O–H groups in total. The Hall–Kier alpha value is -2.32. The molecule has 0 amide bonds. The summed E-state index contributed by atoms with van der Waals surface area (Å²) in [5, 5.41) is 3.21. The summed E-state index contributed by atoms with van der Waals surface area (Å²) in [5.74, 6) is 0. The number of hydrogen-bond donors (Lipinski definition) is 1. The Morgan fingerprint density at radius 2 is 1.83 bits per heavy atom. The number of aromatic nitrogens is 2. The number of aromatic amines is 1. The van der Waals surface area contributed by atoms with Crippen LogP contribution in [0, 0.1) is 6.92 Å². The Morgan fingerprint density at radius 1 is 1.00 bits per heavy atom. The molecule has 4 aromatic rings. The molecule has 23 heavy (non-hydrogen) atoms. The second-order valence-electron chi connectivity index (χ2n) is 6.30. The number of H-pyrrole nitrogens is 1. The van der Waals surface area contributed by atoms with Crippen molar-refractivity contribution in [3.63, 3.8) is 0 Å². The van der Waals surface area contributed by atoms with Crippen LogP contribution in [0.4, 0.5) is 0 Å². The second-order valence-corrected chi connectivity index (χ2v) is 6.68. The summed E-state index contributed by atoms with van der Waals surface area (Å²) in [4.78, 5) is 8.49. The summed E-state index contributed by atoms with van der Waals surface area (Å²) in [5.41, 5.74) is 8.12. The summed E-state index contributed by atoms with van der Waals surface area (Å²) < 4.78 is 0. The zero-order valence-electron chi connectivity index (χ0n) is 12.8. The fraction of sp³-hybridized carbons (Fsp3) is 0.150. The van der Waals surface area contributed by atoms with Crippen molar-refractivity contribution in [2.75, 3.05) is 0 Å². The molecule has 3 heteroatoms. The molecule has 0 saturated heterocycles. The number of para-hydroxylation sites is 1. The van der Waals surface area contributed by atoms with Crippen molar-refractivity contribution < 1.29 is 0 Å². The van der Waals surface area contributed by atoms with E-state index in [0.29, 0.717) is 0 Å². The van der Waals surface area contributed by atoms with Gasteiger partial charge < -0.3 is 4.98 Å². The molecule has 1 aliphatic carbocycles. The number of nitrogens with zero attached hydrogens (tertiary/aromatic N) is 1. The largest absolute Gasteiger partial charge is 0.353 e. The molecule has 5 rings (SSSR count). The van der Waals surface area contributed by atoms with Crippen LogP contribution in [0.25, 0.3) is 33.2 Å². The van der Waals surface area contributed by atoms with Crippen molar-refractivity contribution in [1.29, 1.82) is 0 Å². The third-order valence-corrected chi connectivity index (χ3v) is 5.28. The highest BCUT2D eigenvalue weighted by molar-refractivity contribution is 6.36. The zero-order valence-corrected chi connectivity index (χ0v) is 13.5. The lowest BCUT2D eigenvalue weighted by Gasteiger charge is -2.18. The lowest BCUT2D eigenvalue weighted by atomic mass is 9.91. The molecule has 2 aromatic heterocycles. The maximum Gasteiger partial charge on any atom is 0.0922 e. The molecule has 2 aromatic carbocycles. The van der Waals surface area contributed by atoms with Gasteiger partial charge in [-0.15, -0.1) is 0 Å². The Labute approximate surface area is 139 Å². The molecule has 0 aliphatic heterocycles. The first-order chi connectivity index (χ1) is 11.2. The van der Waals surface area contributed by atoms with Crippen LogP contribution in [0.15, 0.2) is 42.5 Å². The van der Waals surface area contributed by atoms with Crippen molar-refractivity contribution in [2.45, 2.75) is 19.8 Å². The quantitative estimate of drug-likeness (QED) is 0.459. The predicted octanol–water partition coefficient (Wildman–Crippen LogP) is 5.44. The average Bonchev–Trinajstić information content (AvgIpc) is 2.93. The summed E-state index contributed by atoms with van der Waals surface area (Å²) in [6, 6.07) is 14.7. The molecular formula is C20H15ClN2. The fourth-order valence-electron chi connectivity index (χ4n) is 3.72. The molecule has 0 atom stereocenters. The number of nitrogens with one attached hydrogen (secondary N) is 1. The van der Waals surface area contributed by atoms with Crippen LogP contribution in [0.2, 0.25) is 5.02 Å². The van der Waals surface area contributed by atoms with E-state index in [1.165, 1.54) is 27.6 Å². The molecule has 0 radical (unpaired) electrons. The Morgan fingerprint density at radius 3 is 2.74 bits per heavy atom. The highest BCUT2D eigenvalue weighted by Gasteiger charge is 2.25. The van der Waals surface area contributed by atoms with Crippen LogP contribution >= 0.6 is 11.6 Å². The third kappa shape index (κ3) is 1.79. The van der Waals surface area contributed by atoms with Gasteiger partial charge in [0.15, 0.2) is 0 Å². The zero-order chi connectivity index (χ0) is 15.6. The van der Waals surface area contributed by atoms with Crippen LogP contribution < -0.4 is 0 Å². The Bertz CT molecular complexity index is 1090. The van der Waals surface area contributed by atoms with Gasteiger partial charge in [0.05, 0.1) is 21.9 Å². The predicted molar refractivity (Wildman–Crippen MR) is 96.2 cm³/mol. The van der Waals surface area contributed by atoms with Crippen LogP contribution in [-0.4, -0.2) is 9.97 Å². The van der Waals surface area contributed by atoms with Gasteiger partial charge in [-0.25, -0.2) is 4.98 Å². The fourth-order valence-corrected chi connectivity index (χ4v) is 4.06. The van der Waals surface area contributed by atoms with Crippen molar-refractivity contribution in [1.82, 2.24) is 9.97 Å². The topological polar surface area (TPSA) is 28.7 Å². The first-order valence-electron chi connectivity index (χ1n) is 7.91. The summed E-state index contributed by atoms with van der Waals surface area (Å²) in [6.45, 7) is 2.14. The Balaban J connectivity index is 1.88. The van der Waals surface area contributed by atoms with Crippen LogP contribution in [0.3, 0.4) is 0 Å². The lowest BCUT2D eigenvalue weighted by Crippen LogP contribution is -2.06. The maximum absolute atomic E-state index is 6.70. The van der Waals surface area contributed by atoms with Crippen molar-refractivity contribution in [3.8, 4) is 11.4 Å². The van der Waals surface area contributed by atoms with Gasteiger partial charge in [-0.05, 0) is 49.1 Å². The first kappa shape index (κ1) is 13.1. The van der Waals surface area contributed by atoms with Gasteiger partial charge in [0.25, 0.3) is 0 Å². The maximum atomic E-state index is 6.70. The molecule has 2 heterocycles. The van der Waals surface area contributed by atoms with Gasteiger partial charge in [-0.1, -0.05) is 41.4 Å². The number of rotatable bonds is 0. The van der Waals surface area contributed by atoms with Gasteiger partial charge in [-0.3, -0.25) is 0 Å². The number of aryl methyl sites for hydroxylation is 2. The molecule has 2 nitrogen and oxygen atoms in total. The number of fused-ring (bicyclic) bond motifs is 6. The molecule has 112 valence electrons. The van der Waals surface area contributed by atoms with Gasteiger partial charge in [-0.2, -0.15) is 0 Å². The van der Waals surface area contributed by atoms with Crippen molar-refractivity contribution in [2.24, 2.45) is 0 Å². The van der Waals surface area contributed by atoms with Gasteiger partial charge in [0.2, 0.25) is 0 Å². The SMILES string of the molecule is Cc1ccc2[nH]c3c(c2c1)CCc1c-3nc2ccccc2c1Cl. The van der Waals surface area contributed by atoms with Crippen LogP contribution in [0.5, 0.6) is 0 Å². The van der Waals surface area contributed by atoms with E-state index >= 15 is 0 Å². The third-order valence-electron chi connectivity index (χ3n) is 4.85. The monoisotopic (exact) mass is 318 g/mol. The van der Waals surface area contributed by atoms with Crippen LogP contribution in [-0.2, 0) is 12.8 Å². The van der Waals surface area contributed by atoms with E-state index in [2.05, 4.69) is 36.2 Å². The van der Waals surface area contributed by atoms with Gasteiger partial charge >= 0.3 is 0 Å². The number of halogens is 1. The smallest absolute Gasteiger partial charge is 0.0922 e. The molecular weight excluding hydrogens is 304 g/mol. The minimum atomic E-state index is 0.853. The molecule has 0 bridgehead atoms. The molecule has 0 fully saturated rings. The molecule has 1 aliphatic rings. The summed E-state index contributed by atoms with van der Waals surface area (Å²) in [7, 11) is 0. The first-order valence-corrected chi connectivity index (χ1v) is 8.29. The van der Waals surface area contributed by atoms with E-state index < -0.39 is 0 Å².